The summed E-state index contributed by atoms with van der Waals surface area (Å²) in [5, 5.41) is 16.1. The molecule has 1 atom stereocenters. The van der Waals surface area contributed by atoms with E-state index in [-0.39, 0.29) is 12.6 Å². The molecule has 3 rings (SSSR count). The summed E-state index contributed by atoms with van der Waals surface area (Å²) in [6.07, 6.45) is 0.763. The van der Waals surface area contributed by atoms with Crippen molar-refractivity contribution in [3.8, 4) is 0 Å². The second kappa shape index (κ2) is 8.49. The van der Waals surface area contributed by atoms with E-state index in [9.17, 15) is 5.11 Å². The summed E-state index contributed by atoms with van der Waals surface area (Å²) in [6.45, 7) is 4.25. The van der Waals surface area contributed by atoms with E-state index in [4.69, 9.17) is 0 Å². The molecule has 0 aliphatic carbocycles. The molecule has 0 radical (unpaired) electrons. The highest BCUT2D eigenvalue weighted by molar-refractivity contribution is 9.10. The van der Waals surface area contributed by atoms with Crippen molar-refractivity contribution in [3.63, 3.8) is 0 Å². The predicted molar refractivity (Wildman–Crippen MR) is 114 cm³/mol. The maximum absolute atomic E-state index is 10.2. The van der Waals surface area contributed by atoms with Crippen LogP contribution in [0.25, 0.3) is 0 Å². The summed E-state index contributed by atoms with van der Waals surface area (Å²) in [6, 6.07) is 20.8. The third kappa shape index (κ3) is 4.44. The van der Waals surface area contributed by atoms with E-state index in [0.29, 0.717) is 0 Å². The van der Waals surface area contributed by atoms with Gasteiger partial charge in [0.25, 0.3) is 0 Å². The Morgan fingerprint density at radius 2 is 1.58 bits per heavy atom. The molecule has 0 saturated carbocycles. The van der Waals surface area contributed by atoms with Crippen molar-refractivity contribution >= 4 is 27.3 Å². The summed E-state index contributed by atoms with van der Waals surface area (Å²) < 4.78 is 1.15. The van der Waals surface area contributed by atoms with Crippen molar-refractivity contribution in [1.29, 1.82) is 0 Å². The largest absolute Gasteiger partial charge is 0.394 e. The second-order valence-corrected chi connectivity index (χ2v) is 8.71. The Labute approximate surface area is 168 Å². The van der Waals surface area contributed by atoms with Gasteiger partial charge in [-0.3, -0.25) is 5.32 Å². The SMILES string of the molecule is Cc1csc(CC(C)(CO)NC(c2ccccc2)c2ccccc2)c1Br. The molecular weight excluding hydrogens is 406 g/mol. The molecule has 0 spiro atoms. The lowest BCUT2D eigenvalue weighted by Gasteiger charge is -2.34. The molecule has 2 nitrogen and oxygen atoms in total. The summed E-state index contributed by atoms with van der Waals surface area (Å²) in [4.78, 5) is 1.26. The number of aryl methyl sites for hydroxylation is 1. The first-order valence-electron chi connectivity index (χ1n) is 8.73. The first kappa shape index (κ1) is 19.3. The topological polar surface area (TPSA) is 32.3 Å². The van der Waals surface area contributed by atoms with Crippen LogP contribution in [0.15, 0.2) is 70.5 Å². The van der Waals surface area contributed by atoms with E-state index in [1.165, 1.54) is 21.6 Å². The van der Waals surface area contributed by atoms with Crippen LogP contribution in [-0.2, 0) is 6.42 Å². The Morgan fingerprint density at radius 3 is 2.00 bits per heavy atom. The number of nitrogens with one attached hydrogen (secondary N) is 1. The van der Waals surface area contributed by atoms with Gasteiger partial charge in [-0.25, -0.2) is 0 Å². The zero-order valence-corrected chi connectivity index (χ0v) is 17.5. The lowest BCUT2D eigenvalue weighted by molar-refractivity contribution is 0.166. The summed E-state index contributed by atoms with van der Waals surface area (Å²) >= 11 is 5.43. The molecule has 4 heteroatoms. The maximum atomic E-state index is 10.2. The minimum atomic E-state index is -0.434. The van der Waals surface area contributed by atoms with E-state index in [1.54, 1.807) is 11.3 Å². The molecule has 0 fully saturated rings. The third-order valence-corrected chi connectivity index (χ3v) is 7.10. The molecule has 1 heterocycles. The molecule has 0 bridgehead atoms. The highest BCUT2D eigenvalue weighted by Crippen LogP contribution is 2.32. The van der Waals surface area contributed by atoms with Crippen LogP contribution in [0.4, 0.5) is 0 Å². The van der Waals surface area contributed by atoms with E-state index < -0.39 is 5.54 Å². The molecule has 0 aliphatic rings. The molecule has 0 aliphatic heterocycles. The monoisotopic (exact) mass is 429 g/mol. The average molecular weight is 430 g/mol. The van der Waals surface area contributed by atoms with Gasteiger partial charge in [0.2, 0.25) is 0 Å². The van der Waals surface area contributed by atoms with E-state index in [0.717, 1.165) is 10.9 Å². The van der Waals surface area contributed by atoms with Crippen LogP contribution in [0.1, 0.15) is 34.5 Å². The fourth-order valence-corrected chi connectivity index (χ4v) is 4.90. The highest BCUT2D eigenvalue weighted by atomic mass is 79.9. The van der Waals surface area contributed by atoms with Crippen LogP contribution in [0.5, 0.6) is 0 Å². The van der Waals surface area contributed by atoms with Crippen molar-refractivity contribution in [2.45, 2.75) is 31.8 Å². The number of aliphatic hydroxyl groups excluding tert-OH is 1. The molecular formula is C22H24BrNOS. The number of rotatable bonds is 7. The van der Waals surface area contributed by atoms with Gasteiger partial charge in [-0.05, 0) is 51.8 Å². The van der Waals surface area contributed by atoms with Gasteiger partial charge in [0, 0.05) is 21.3 Å². The smallest absolute Gasteiger partial charge is 0.0614 e. The third-order valence-electron chi connectivity index (χ3n) is 4.63. The fraction of sp³-hybridized carbons (Fsp3) is 0.273. The number of thiophene rings is 1. The molecule has 2 N–H and O–H groups in total. The molecule has 3 aromatic rings. The summed E-state index contributed by atoms with van der Waals surface area (Å²) in [7, 11) is 0. The lowest BCUT2D eigenvalue weighted by Crippen LogP contribution is -2.49. The highest BCUT2D eigenvalue weighted by Gasteiger charge is 2.30. The first-order valence-corrected chi connectivity index (χ1v) is 10.4. The lowest BCUT2D eigenvalue weighted by atomic mass is 9.91. The first-order chi connectivity index (χ1) is 12.5. The molecule has 0 saturated heterocycles. The van der Waals surface area contributed by atoms with Crippen molar-refractivity contribution in [2.75, 3.05) is 6.61 Å². The Morgan fingerprint density at radius 1 is 1.04 bits per heavy atom. The van der Waals surface area contributed by atoms with Gasteiger partial charge in [-0.2, -0.15) is 0 Å². The Balaban J connectivity index is 1.92. The Bertz CT molecular complexity index is 794. The normalized spacial score (nSPS) is 13.7. The van der Waals surface area contributed by atoms with Gasteiger partial charge >= 0.3 is 0 Å². The van der Waals surface area contributed by atoms with Crippen LogP contribution >= 0.6 is 27.3 Å². The zero-order chi connectivity index (χ0) is 18.6. The van der Waals surface area contributed by atoms with E-state index in [2.05, 4.69) is 89.0 Å². The van der Waals surface area contributed by atoms with Crippen molar-refractivity contribution < 1.29 is 5.11 Å². The van der Waals surface area contributed by atoms with Crippen molar-refractivity contribution in [1.82, 2.24) is 5.32 Å². The van der Waals surface area contributed by atoms with Crippen LogP contribution < -0.4 is 5.32 Å². The minimum absolute atomic E-state index is 0.0226. The summed E-state index contributed by atoms with van der Waals surface area (Å²) in [5.41, 5.74) is 3.20. The molecule has 1 unspecified atom stereocenters. The molecule has 1 aromatic heterocycles. The molecule has 2 aromatic carbocycles. The van der Waals surface area contributed by atoms with E-state index in [1.807, 2.05) is 12.1 Å². The van der Waals surface area contributed by atoms with Gasteiger partial charge in [0.05, 0.1) is 12.6 Å². The Kier molecular flexibility index (Phi) is 6.30. The number of hydrogen-bond donors (Lipinski definition) is 2. The van der Waals surface area contributed by atoms with Crippen molar-refractivity contribution in [3.05, 3.63) is 92.1 Å². The average Bonchev–Trinajstić information content (AvgIpc) is 2.99. The maximum Gasteiger partial charge on any atom is 0.0614 e. The number of hydrogen-bond acceptors (Lipinski definition) is 3. The van der Waals surface area contributed by atoms with Crippen LogP contribution in [0, 0.1) is 6.92 Å². The quantitative estimate of drug-likeness (QED) is 0.520. The van der Waals surface area contributed by atoms with Gasteiger partial charge in [0.15, 0.2) is 0 Å². The van der Waals surface area contributed by atoms with Crippen LogP contribution in [0.3, 0.4) is 0 Å². The number of halogens is 1. The number of aliphatic hydroxyl groups is 1. The second-order valence-electron chi connectivity index (χ2n) is 6.95. The van der Waals surface area contributed by atoms with Crippen molar-refractivity contribution in [2.24, 2.45) is 0 Å². The van der Waals surface area contributed by atoms with Gasteiger partial charge in [-0.15, -0.1) is 11.3 Å². The van der Waals surface area contributed by atoms with E-state index >= 15 is 0 Å². The van der Waals surface area contributed by atoms with Crippen LogP contribution in [0.2, 0.25) is 0 Å². The molecule has 0 amide bonds. The fourth-order valence-electron chi connectivity index (χ4n) is 3.11. The standard InChI is InChI=1S/C22H24BrNOS/c1-16-14-26-19(20(16)23)13-22(2,15-25)24-21(17-9-5-3-6-10-17)18-11-7-4-8-12-18/h3-12,14,21,24-25H,13,15H2,1-2H3. The van der Waals surface area contributed by atoms with Gasteiger partial charge in [-0.1, -0.05) is 60.7 Å². The Hall–Kier alpha value is -1.46. The minimum Gasteiger partial charge on any atom is -0.394 e. The predicted octanol–water partition coefficient (Wildman–Crippen LogP) is 5.49. The number of benzene rings is 2. The van der Waals surface area contributed by atoms with Gasteiger partial charge < -0.3 is 5.11 Å². The molecule has 136 valence electrons. The summed E-state index contributed by atoms with van der Waals surface area (Å²) in [5.74, 6) is 0. The zero-order valence-electron chi connectivity index (χ0n) is 15.1. The van der Waals surface area contributed by atoms with Crippen LogP contribution in [-0.4, -0.2) is 17.3 Å². The molecule has 26 heavy (non-hydrogen) atoms. The van der Waals surface area contributed by atoms with Gasteiger partial charge in [0.1, 0.15) is 0 Å².